The predicted molar refractivity (Wildman–Crippen MR) is 56.4 cm³/mol. The molecular weight excluding hydrogens is 194 g/mol. The summed E-state index contributed by atoms with van der Waals surface area (Å²) in [6.07, 6.45) is 0.272. The van der Waals surface area contributed by atoms with Crippen LogP contribution in [0.5, 0.6) is 5.75 Å². The number of benzene rings is 1. The third-order valence-corrected chi connectivity index (χ3v) is 1.93. The van der Waals surface area contributed by atoms with Gasteiger partial charge >= 0.3 is 6.09 Å². The number of hydrogen-bond acceptors (Lipinski definition) is 3. The van der Waals surface area contributed by atoms with Gasteiger partial charge in [-0.15, -0.1) is 0 Å². The Kier molecular flexibility index (Phi) is 4.47. The van der Waals surface area contributed by atoms with Gasteiger partial charge in [-0.05, 0) is 25.5 Å². The molecule has 0 fully saturated rings. The number of para-hydroxylation sites is 1. The average Bonchev–Trinajstić information content (AvgIpc) is 2.27. The maximum Gasteiger partial charge on any atom is 0.450 e. The lowest BCUT2D eigenvalue weighted by molar-refractivity contribution is -0.143. The van der Waals surface area contributed by atoms with Crippen LogP contribution in [-0.2, 0) is 4.89 Å². The summed E-state index contributed by atoms with van der Waals surface area (Å²) in [7, 11) is 0. The first-order valence-corrected chi connectivity index (χ1v) is 4.92. The molecule has 1 aromatic carbocycles. The second-order valence-electron chi connectivity index (χ2n) is 3.22. The summed E-state index contributed by atoms with van der Waals surface area (Å²) < 4.78 is 0. The van der Waals surface area contributed by atoms with Crippen molar-refractivity contribution in [1.29, 1.82) is 0 Å². The van der Waals surface area contributed by atoms with Crippen molar-refractivity contribution in [2.75, 3.05) is 0 Å². The van der Waals surface area contributed by atoms with Crippen LogP contribution in [0.15, 0.2) is 30.3 Å². The molecule has 4 heteroatoms. The molecule has 0 spiro atoms. The zero-order chi connectivity index (χ0) is 11.1. The molecule has 0 saturated carbocycles. The quantitative estimate of drug-likeness (QED) is 0.612. The molecule has 1 atom stereocenters. The average molecular weight is 209 g/mol. The molecule has 4 nitrogen and oxygen atoms in total. The maximum absolute atomic E-state index is 11.1. The van der Waals surface area contributed by atoms with E-state index in [2.05, 4.69) is 10.2 Å². The van der Waals surface area contributed by atoms with Crippen molar-refractivity contribution in [1.82, 2.24) is 5.32 Å². The normalized spacial score (nSPS) is 11.6. The Bertz CT molecular complexity index is 300. The molecule has 0 bridgehead atoms. The first-order chi connectivity index (χ1) is 7.22. The second kappa shape index (κ2) is 5.90. The van der Waals surface area contributed by atoms with E-state index < -0.39 is 6.09 Å². The Labute approximate surface area is 89.1 Å². The first-order valence-electron chi connectivity index (χ1n) is 4.92. The lowest BCUT2D eigenvalue weighted by atomic mass is 10.3. The zero-order valence-electron chi connectivity index (χ0n) is 8.90. The van der Waals surface area contributed by atoms with Gasteiger partial charge in [-0.1, -0.05) is 25.1 Å². The Morgan fingerprint density at radius 1 is 1.40 bits per heavy atom. The van der Waals surface area contributed by atoms with Gasteiger partial charge < -0.3 is 5.32 Å². The lowest BCUT2D eigenvalue weighted by Gasteiger charge is -2.10. The molecule has 0 radical (unpaired) electrons. The minimum absolute atomic E-state index is 0.0804. The minimum Gasteiger partial charge on any atom is -0.316 e. The SMILES string of the molecule is CCC(C)NC(=O)OOc1ccccc1. The van der Waals surface area contributed by atoms with Crippen LogP contribution in [0.3, 0.4) is 0 Å². The molecule has 0 aliphatic heterocycles. The monoisotopic (exact) mass is 209 g/mol. The Morgan fingerprint density at radius 2 is 2.07 bits per heavy atom. The summed E-state index contributed by atoms with van der Waals surface area (Å²) in [5.41, 5.74) is 0. The van der Waals surface area contributed by atoms with Crippen LogP contribution in [0.2, 0.25) is 0 Å². The molecule has 15 heavy (non-hydrogen) atoms. The van der Waals surface area contributed by atoms with E-state index >= 15 is 0 Å². The molecular formula is C11H15NO3. The number of carbonyl (C=O) groups is 1. The van der Waals surface area contributed by atoms with E-state index in [0.717, 1.165) is 6.42 Å². The van der Waals surface area contributed by atoms with Gasteiger partial charge in [-0.3, -0.25) is 4.89 Å². The minimum atomic E-state index is -0.576. The molecule has 82 valence electrons. The van der Waals surface area contributed by atoms with Gasteiger partial charge in [-0.25, -0.2) is 9.68 Å². The van der Waals surface area contributed by atoms with Crippen LogP contribution in [0.1, 0.15) is 20.3 Å². The number of amides is 1. The molecule has 0 aliphatic carbocycles. The number of hydrogen-bond donors (Lipinski definition) is 1. The molecule has 0 heterocycles. The Balaban J connectivity index is 2.29. The molecule has 1 N–H and O–H groups in total. The van der Waals surface area contributed by atoms with Crippen LogP contribution in [0.4, 0.5) is 4.79 Å². The van der Waals surface area contributed by atoms with Gasteiger partial charge in [0.1, 0.15) is 0 Å². The fraction of sp³-hybridized carbons (Fsp3) is 0.364. The van der Waals surface area contributed by atoms with Crippen molar-refractivity contribution in [3.05, 3.63) is 30.3 Å². The van der Waals surface area contributed by atoms with E-state index in [1.807, 2.05) is 19.9 Å². The fourth-order valence-corrected chi connectivity index (χ4v) is 0.889. The van der Waals surface area contributed by atoms with E-state index in [-0.39, 0.29) is 6.04 Å². The van der Waals surface area contributed by atoms with Crippen molar-refractivity contribution in [3.63, 3.8) is 0 Å². The molecule has 0 aliphatic rings. The van der Waals surface area contributed by atoms with Crippen molar-refractivity contribution >= 4 is 6.09 Å². The lowest BCUT2D eigenvalue weighted by Crippen LogP contribution is -2.33. The Morgan fingerprint density at radius 3 is 2.67 bits per heavy atom. The molecule has 1 amide bonds. The van der Waals surface area contributed by atoms with Crippen molar-refractivity contribution in [2.24, 2.45) is 0 Å². The van der Waals surface area contributed by atoms with E-state index in [0.29, 0.717) is 5.75 Å². The standard InChI is InChI=1S/C11H15NO3/c1-3-9(2)12-11(13)15-14-10-7-5-4-6-8-10/h4-9H,3H2,1-2H3,(H,12,13). The zero-order valence-corrected chi connectivity index (χ0v) is 8.90. The second-order valence-corrected chi connectivity index (χ2v) is 3.22. The number of nitrogens with one attached hydrogen (secondary N) is 1. The summed E-state index contributed by atoms with van der Waals surface area (Å²) in [5, 5.41) is 2.61. The number of rotatable bonds is 4. The highest BCUT2D eigenvalue weighted by molar-refractivity contribution is 5.66. The van der Waals surface area contributed by atoms with E-state index in [1.54, 1.807) is 24.3 Å². The maximum atomic E-state index is 11.1. The van der Waals surface area contributed by atoms with Crippen molar-refractivity contribution in [2.45, 2.75) is 26.3 Å². The van der Waals surface area contributed by atoms with E-state index in [1.165, 1.54) is 0 Å². The summed E-state index contributed by atoms with van der Waals surface area (Å²) in [5.74, 6) is 0.497. The van der Waals surface area contributed by atoms with Gasteiger partial charge in [0, 0.05) is 6.04 Å². The van der Waals surface area contributed by atoms with Gasteiger partial charge in [-0.2, -0.15) is 0 Å². The van der Waals surface area contributed by atoms with Crippen molar-refractivity contribution in [3.8, 4) is 5.75 Å². The summed E-state index contributed by atoms with van der Waals surface area (Å²) in [4.78, 5) is 20.5. The molecule has 1 aromatic rings. The smallest absolute Gasteiger partial charge is 0.316 e. The summed E-state index contributed by atoms with van der Waals surface area (Å²) in [6, 6.07) is 8.94. The predicted octanol–water partition coefficient (Wildman–Crippen LogP) is 2.51. The Hall–Kier alpha value is -1.71. The summed E-state index contributed by atoms with van der Waals surface area (Å²) >= 11 is 0. The largest absolute Gasteiger partial charge is 0.450 e. The highest BCUT2D eigenvalue weighted by Gasteiger charge is 2.07. The summed E-state index contributed by atoms with van der Waals surface area (Å²) in [6.45, 7) is 3.87. The van der Waals surface area contributed by atoms with Crippen LogP contribution in [0.25, 0.3) is 0 Å². The molecule has 1 rings (SSSR count). The topological polar surface area (TPSA) is 47.6 Å². The fourth-order valence-electron chi connectivity index (χ4n) is 0.889. The van der Waals surface area contributed by atoms with Crippen LogP contribution in [0, 0.1) is 0 Å². The van der Waals surface area contributed by atoms with Gasteiger partial charge in [0.05, 0.1) is 0 Å². The first kappa shape index (κ1) is 11.4. The highest BCUT2D eigenvalue weighted by atomic mass is 17.2. The van der Waals surface area contributed by atoms with E-state index in [4.69, 9.17) is 4.89 Å². The molecule has 1 unspecified atom stereocenters. The van der Waals surface area contributed by atoms with Crippen molar-refractivity contribution < 1.29 is 14.6 Å². The van der Waals surface area contributed by atoms with Gasteiger partial charge in [0.2, 0.25) is 0 Å². The van der Waals surface area contributed by atoms with Crippen LogP contribution >= 0.6 is 0 Å². The van der Waals surface area contributed by atoms with Gasteiger partial charge in [0.25, 0.3) is 0 Å². The van der Waals surface area contributed by atoms with Crippen LogP contribution < -0.4 is 10.2 Å². The third-order valence-electron chi connectivity index (χ3n) is 1.93. The highest BCUT2D eigenvalue weighted by Crippen LogP contribution is 2.08. The molecule has 0 saturated heterocycles. The number of carbonyl (C=O) groups excluding carboxylic acids is 1. The van der Waals surface area contributed by atoms with Gasteiger partial charge in [0.15, 0.2) is 5.75 Å². The van der Waals surface area contributed by atoms with E-state index in [9.17, 15) is 4.79 Å². The molecule has 0 aromatic heterocycles. The van der Waals surface area contributed by atoms with Crippen LogP contribution in [-0.4, -0.2) is 12.1 Å². The third kappa shape index (κ3) is 4.35.